The molecule has 0 radical (unpaired) electrons. The van der Waals surface area contributed by atoms with Crippen LogP contribution in [0, 0.1) is 20.8 Å². The van der Waals surface area contributed by atoms with Crippen molar-refractivity contribution >= 4 is 11.6 Å². The monoisotopic (exact) mass is 274 g/mol. The topological polar surface area (TPSA) is 38.0 Å². The smallest absolute Gasteiger partial charge is 0.0710 e. The van der Waals surface area contributed by atoms with E-state index in [0.29, 0.717) is 0 Å². The molecule has 0 amide bonds. The maximum Gasteiger partial charge on any atom is 0.0710 e. The van der Waals surface area contributed by atoms with Gasteiger partial charge in [-0.15, -0.1) is 0 Å². The molecular formula is C16H19ClN2. The van der Waals surface area contributed by atoms with Crippen molar-refractivity contribution < 1.29 is 0 Å². The highest BCUT2D eigenvalue weighted by molar-refractivity contribution is 6.30. The van der Waals surface area contributed by atoms with Crippen LogP contribution in [0.5, 0.6) is 0 Å². The highest BCUT2D eigenvalue weighted by atomic mass is 35.5. The van der Waals surface area contributed by atoms with Crippen molar-refractivity contribution in [1.82, 2.24) is 5.43 Å². The Hall–Kier alpha value is -1.35. The molecule has 0 fully saturated rings. The van der Waals surface area contributed by atoms with Gasteiger partial charge in [0, 0.05) is 5.02 Å². The minimum atomic E-state index is -0.0447. The van der Waals surface area contributed by atoms with E-state index in [4.69, 9.17) is 17.4 Å². The van der Waals surface area contributed by atoms with E-state index in [2.05, 4.69) is 43.5 Å². The zero-order valence-corrected chi connectivity index (χ0v) is 12.3. The van der Waals surface area contributed by atoms with Crippen LogP contribution in [0.2, 0.25) is 5.02 Å². The maximum absolute atomic E-state index is 6.13. The first-order valence-electron chi connectivity index (χ1n) is 6.31. The third kappa shape index (κ3) is 3.16. The van der Waals surface area contributed by atoms with Gasteiger partial charge in [0.15, 0.2) is 0 Å². The van der Waals surface area contributed by atoms with Gasteiger partial charge in [0.2, 0.25) is 0 Å². The molecule has 3 heteroatoms. The summed E-state index contributed by atoms with van der Waals surface area (Å²) in [4.78, 5) is 0. The van der Waals surface area contributed by atoms with E-state index in [-0.39, 0.29) is 6.04 Å². The lowest BCUT2D eigenvalue weighted by molar-refractivity contribution is 0.636. The highest BCUT2D eigenvalue weighted by Crippen LogP contribution is 2.26. The predicted octanol–water partition coefficient (Wildman–Crippen LogP) is 3.82. The zero-order chi connectivity index (χ0) is 14.0. The molecule has 0 aliphatic rings. The van der Waals surface area contributed by atoms with Crippen molar-refractivity contribution in [3.63, 3.8) is 0 Å². The summed E-state index contributed by atoms with van der Waals surface area (Å²) in [5.74, 6) is 5.73. The van der Waals surface area contributed by atoms with Gasteiger partial charge in [0.1, 0.15) is 0 Å². The molecule has 0 heterocycles. The fourth-order valence-electron chi connectivity index (χ4n) is 2.26. The number of halogens is 1. The summed E-state index contributed by atoms with van der Waals surface area (Å²) in [6.45, 7) is 6.24. The molecule has 0 aromatic heterocycles. The van der Waals surface area contributed by atoms with Gasteiger partial charge in [-0.25, -0.2) is 5.43 Å². The van der Waals surface area contributed by atoms with E-state index >= 15 is 0 Å². The number of nitrogens with one attached hydrogen (secondary N) is 1. The lowest BCUT2D eigenvalue weighted by Gasteiger charge is -2.19. The quantitative estimate of drug-likeness (QED) is 0.660. The van der Waals surface area contributed by atoms with E-state index in [0.717, 1.165) is 21.7 Å². The second kappa shape index (κ2) is 5.74. The summed E-state index contributed by atoms with van der Waals surface area (Å²) in [5.41, 5.74) is 8.77. The van der Waals surface area contributed by atoms with E-state index in [1.165, 1.54) is 11.1 Å². The summed E-state index contributed by atoms with van der Waals surface area (Å²) in [6, 6.07) is 12.3. The van der Waals surface area contributed by atoms with Crippen LogP contribution in [-0.2, 0) is 0 Å². The molecule has 0 bridgehead atoms. The number of nitrogens with two attached hydrogens (primary N) is 1. The van der Waals surface area contributed by atoms with E-state index in [1.807, 2.05) is 19.1 Å². The van der Waals surface area contributed by atoms with Crippen molar-refractivity contribution in [2.24, 2.45) is 5.84 Å². The molecule has 3 N–H and O–H groups in total. The van der Waals surface area contributed by atoms with Crippen molar-refractivity contribution in [1.29, 1.82) is 0 Å². The zero-order valence-electron chi connectivity index (χ0n) is 11.5. The number of hydrogen-bond donors (Lipinski definition) is 2. The molecule has 0 spiro atoms. The second-order valence-electron chi connectivity index (χ2n) is 5.01. The van der Waals surface area contributed by atoms with Crippen LogP contribution in [0.1, 0.15) is 33.9 Å². The lowest BCUT2D eigenvalue weighted by Crippen LogP contribution is -2.29. The van der Waals surface area contributed by atoms with Gasteiger partial charge in [-0.2, -0.15) is 0 Å². The van der Waals surface area contributed by atoms with Crippen LogP contribution in [0.25, 0.3) is 0 Å². The summed E-state index contributed by atoms with van der Waals surface area (Å²) in [5, 5.41) is 0.735. The molecule has 100 valence electrons. The van der Waals surface area contributed by atoms with Crippen LogP contribution in [0.3, 0.4) is 0 Å². The van der Waals surface area contributed by atoms with Crippen LogP contribution < -0.4 is 11.3 Å². The fourth-order valence-corrected chi connectivity index (χ4v) is 2.56. The Balaban J connectivity index is 2.46. The Bertz CT molecular complexity index is 573. The minimum Gasteiger partial charge on any atom is -0.271 e. The Kier molecular flexibility index (Phi) is 4.25. The molecule has 2 aromatic carbocycles. The minimum absolute atomic E-state index is 0.0447. The van der Waals surface area contributed by atoms with Gasteiger partial charge in [-0.3, -0.25) is 5.84 Å². The van der Waals surface area contributed by atoms with Gasteiger partial charge in [-0.05, 0) is 60.7 Å². The standard InChI is InChI=1S/C16H19ClN2/c1-10-6-14(9-15(17)7-10)16(19-18)13-5-4-11(2)12(3)8-13/h4-9,16,19H,18H2,1-3H3. The van der Waals surface area contributed by atoms with Gasteiger partial charge in [-0.1, -0.05) is 35.9 Å². The number of hydrogen-bond acceptors (Lipinski definition) is 2. The van der Waals surface area contributed by atoms with Crippen molar-refractivity contribution in [3.8, 4) is 0 Å². The Morgan fingerprint density at radius 1 is 0.947 bits per heavy atom. The Morgan fingerprint density at radius 3 is 2.26 bits per heavy atom. The lowest BCUT2D eigenvalue weighted by atomic mass is 9.95. The number of hydrazine groups is 1. The molecule has 2 nitrogen and oxygen atoms in total. The molecule has 0 aliphatic heterocycles. The van der Waals surface area contributed by atoms with Gasteiger partial charge < -0.3 is 0 Å². The van der Waals surface area contributed by atoms with Gasteiger partial charge in [0.25, 0.3) is 0 Å². The largest absolute Gasteiger partial charge is 0.271 e. The average molecular weight is 275 g/mol. The summed E-state index contributed by atoms with van der Waals surface area (Å²) >= 11 is 6.13. The second-order valence-corrected chi connectivity index (χ2v) is 5.44. The third-order valence-corrected chi connectivity index (χ3v) is 3.65. The molecule has 0 aliphatic carbocycles. The van der Waals surface area contributed by atoms with Crippen LogP contribution in [0.15, 0.2) is 36.4 Å². The van der Waals surface area contributed by atoms with Gasteiger partial charge >= 0.3 is 0 Å². The SMILES string of the molecule is Cc1cc(Cl)cc(C(NN)c2ccc(C)c(C)c2)c1. The van der Waals surface area contributed by atoms with E-state index < -0.39 is 0 Å². The van der Waals surface area contributed by atoms with Gasteiger partial charge in [0.05, 0.1) is 6.04 Å². The summed E-state index contributed by atoms with van der Waals surface area (Å²) in [7, 11) is 0. The normalized spacial score (nSPS) is 12.5. The summed E-state index contributed by atoms with van der Waals surface area (Å²) in [6.07, 6.45) is 0. The van der Waals surface area contributed by atoms with E-state index in [9.17, 15) is 0 Å². The molecule has 2 aromatic rings. The number of aryl methyl sites for hydroxylation is 3. The predicted molar refractivity (Wildman–Crippen MR) is 81.3 cm³/mol. The van der Waals surface area contributed by atoms with Crippen molar-refractivity contribution in [2.45, 2.75) is 26.8 Å². The first-order chi connectivity index (χ1) is 9.01. The number of rotatable bonds is 3. The fraction of sp³-hybridized carbons (Fsp3) is 0.250. The molecule has 0 saturated heterocycles. The average Bonchev–Trinajstić information content (AvgIpc) is 2.33. The first-order valence-corrected chi connectivity index (χ1v) is 6.69. The molecule has 2 rings (SSSR count). The first kappa shape index (κ1) is 14.1. The Labute approximate surface area is 119 Å². The van der Waals surface area contributed by atoms with E-state index in [1.54, 1.807) is 0 Å². The summed E-state index contributed by atoms with van der Waals surface area (Å²) < 4.78 is 0. The molecular weight excluding hydrogens is 256 g/mol. The Morgan fingerprint density at radius 2 is 1.68 bits per heavy atom. The molecule has 1 unspecified atom stereocenters. The van der Waals surface area contributed by atoms with Crippen molar-refractivity contribution in [3.05, 3.63) is 69.2 Å². The maximum atomic E-state index is 6.13. The van der Waals surface area contributed by atoms with Crippen LogP contribution in [-0.4, -0.2) is 0 Å². The molecule has 19 heavy (non-hydrogen) atoms. The van der Waals surface area contributed by atoms with Crippen molar-refractivity contribution in [2.75, 3.05) is 0 Å². The number of benzene rings is 2. The molecule has 0 saturated carbocycles. The molecule has 1 atom stereocenters. The van der Waals surface area contributed by atoms with Crippen LogP contribution in [0.4, 0.5) is 0 Å². The van der Waals surface area contributed by atoms with Crippen LogP contribution >= 0.6 is 11.6 Å². The highest BCUT2D eigenvalue weighted by Gasteiger charge is 2.14. The third-order valence-electron chi connectivity index (χ3n) is 3.43.